The molecule has 0 saturated carbocycles. The van der Waals surface area contributed by atoms with Crippen molar-refractivity contribution in [1.82, 2.24) is 0 Å². The predicted molar refractivity (Wildman–Crippen MR) is 36.7 cm³/mol. The Morgan fingerprint density at radius 2 is 2.25 bits per heavy atom. The Bertz CT molecular complexity index is 144. The fourth-order valence-electron chi connectivity index (χ4n) is 0.214. The number of alkyl halides is 1. The van der Waals surface area contributed by atoms with Crippen molar-refractivity contribution in [3.8, 4) is 23.6 Å². The van der Waals surface area contributed by atoms with Gasteiger partial charge in [-0.2, -0.15) is 0 Å². The second-order valence-corrected chi connectivity index (χ2v) is 1.83. The molecule has 1 unspecified atom stereocenters. The van der Waals surface area contributed by atoms with Crippen LogP contribution in [0.25, 0.3) is 0 Å². The minimum absolute atomic E-state index is 0.294. The number of hydrogen-bond acceptors (Lipinski definition) is 0. The second-order valence-electron chi connectivity index (χ2n) is 1.11. The minimum atomic E-state index is -0.294. The molecule has 0 heterocycles. The smallest absolute Gasteiger partial charge is 0.106 e. The van der Waals surface area contributed by atoms with E-state index in [4.69, 9.17) is 29.6 Å². The van der Waals surface area contributed by atoms with Gasteiger partial charge >= 0.3 is 0 Å². The zero-order chi connectivity index (χ0) is 6.41. The van der Waals surface area contributed by atoms with Gasteiger partial charge in [0.05, 0.1) is 0 Å². The lowest BCUT2D eigenvalue weighted by molar-refractivity contribution is 1.13. The van der Waals surface area contributed by atoms with E-state index in [1.807, 2.05) is 0 Å². The summed E-state index contributed by atoms with van der Waals surface area (Å²) in [5, 5.41) is 1.85. The van der Waals surface area contributed by atoms with Gasteiger partial charge in [-0.05, 0) is 11.6 Å². The molecule has 42 valence electrons. The molecule has 0 aliphatic carbocycles. The van der Waals surface area contributed by atoms with Crippen LogP contribution in [-0.4, -0.2) is 5.38 Å². The molecule has 2 heteroatoms. The maximum absolute atomic E-state index is 5.48. The number of rotatable bonds is 1. The highest BCUT2D eigenvalue weighted by Gasteiger charge is 1.92. The Morgan fingerprint density at radius 1 is 1.62 bits per heavy atom. The molecule has 0 aliphatic rings. The zero-order valence-corrected chi connectivity index (χ0v) is 5.63. The van der Waals surface area contributed by atoms with Crippen LogP contribution in [0.4, 0.5) is 0 Å². The highest BCUT2D eigenvalue weighted by atomic mass is 35.5. The molecule has 0 amide bonds. The molecule has 0 radical (unpaired) electrons. The fourth-order valence-corrected chi connectivity index (χ4v) is 0.545. The van der Waals surface area contributed by atoms with Crippen molar-refractivity contribution in [2.75, 3.05) is 0 Å². The molecule has 8 heavy (non-hydrogen) atoms. The third kappa shape index (κ3) is 3.88. The van der Waals surface area contributed by atoms with Crippen molar-refractivity contribution in [2.24, 2.45) is 0 Å². The molecule has 1 atom stereocenters. The molecule has 0 aromatic carbocycles. The first kappa shape index (κ1) is 7.70. The van der Waals surface area contributed by atoms with Gasteiger partial charge in [0, 0.05) is 11.8 Å². The molecule has 0 nitrogen and oxygen atoms in total. The van der Waals surface area contributed by atoms with Crippen molar-refractivity contribution in [3.05, 3.63) is 0 Å². The van der Waals surface area contributed by atoms with E-state index in [2.05, 4.69) is 17.2 Å². The Morgan fingerprint density at radius 3 is 2.62 bits per heavy atom. The average molecular weight is 147 g/mol. The van der Waals surface area contributed by atoms with E-state index >= 15 is 0 Å². The van der Waals surface area contributed by atoms with Crippen LogP contribution in [-0.2, 0) is 0 Å². The summed E-state index contributed by atoms with van der Waals surface area (Å²) in [5.74, 6) is 4.84. The molecule has 0 spiro atoms. The van der Waals surface area contributed by atoms with E-state index in [1.165, 1.54) is 0 Å². The first-order valence-corrected chi connectivity index (χ1v) is 2.81. The zero-order valence-electron chi connectivity index (χ0n) is 4.12. The molecule has 0 aromatic rings. The lowest BCUT2D eigenvalue weighted by atomic mass is 10.3. The molecule has 0 saturated heterocycles. The second kappa shape index (κ2) is 4.85. The molecule has 0 bridgehead atoms. The van der Waals surface area contributed by atoms with Gasteiger partial charge in [0.1, 0.15) is 5.38 Å². The van der Waals surface area contributed by atoms with Crippen molar-refractivity contribution < 1.29 is 0 Å². The summed E-state index contributed by atoms with van der Waals surface area (Å²) >= 11 is 10.5. The monoisotopic (exact) mass is 146 g/mol. The van der Waals surface area contributed by atoms with Gasteiger partial charge < -0.3 is 0 Å². The summed E-state index contributed by atoms with van der Waals surface area (Å²) < 4.78 is 0. The van der Waals surface area contributed by atoms with Crippen LogP contribution in [0.3, 0.4) is 0 Å². The van der Waals surface area contributed by atoms with Crippen LogP contribution in [0.2, 0.25) is 0 Å². The summed E-state index contributed by atoms with van der Waals surface area (Å²) in [5.41, 5.74) is 0. The van der Waals surface area contributed by atoms with Crippen LogP contribution in [0, 0.1) is 23.6 Å². The van der Waals surface area contributed by atoms with Gasteiger partial charge in [0.2, 0.25) is 0 Å². The number of hydrogen-bond donors (Lipinski definition) is 0. The third-order valence-corrected chi connectivity index (χ3v) is 0.881. The quantitative estimate of drug-likeness (QED) is 0.392. The van der Waals surface area contributed by atoms with Crippen LogP contribution >= 0.6 is 23.2 Å². The van der Waals surface area contributed by atoms with Crippen LogP contribution in [0.15, 0.2) is 0 Å². The third-order valence-electron chi connectivity index (χ3n) is 0.508. The summed E-state index contributed by atoms with van der Waals surface area (Å²) in [6.07, 6.45) is 5.36. The molecular formula is C6H4Cl2. The average Bonchev–Trinajstić information content (AvgIpc) is 1.68. The maximum Gasteiger partial charge on any atom is 0.106 e. The largest absolute Gasteiger partial charge is 0.120 e. The standard InChI is InChI=1S/C6H4Cl2/c1-2-3-6(8)4-5-7/h1,6H,3H2. The highest BCUT2D eigenvalue weighted by Crippen LogP contribution is 1.97. The Kier molecular flexibility index (Phi) is 4.67. The Balaban J connectivity index is 3.47. The van der Waals surface area contributed by atoms with E-state index in [9.17, 15) is 0 Å². The summed E-state index contributed by atoms with van der Waals surface area (Å²) in [6.45, 7) is 0. The number of halogens is 2. The van der Waals surface area contributed by atoms with Crippen LogP contribution in [0.5, 0.6) is 0 Å². The highest BCUT2D eigenvalue weighted by molar-refractivity contribution is 6.31. The summed E-state index contributed by atoms with van der Waals surface area (Å²) in [6, 6.07) is 0. The van der Waals surface area contributed by atoms with Crippen molar-refractivity contribution in [2.45, 2.75) is 11.8 Å². The normalized spacial score (nSPS) is 10.6. The number of terminal acetylenes is 1. The van der Waals surface area contributed by atoms with Gasteiger partial charge in [0.25, 0.3) is 0 Å². The minimum Gasteiger partial charge on any atom is -0.120 e. The van der Waals surface area contributed by atoms with Gasteiger partial charge in [-0.3, -0.25) is 0 Å². The summed E-state index contributed by atoms with van der Waals surface area (Å²) in [7, 11) is 0. The van der Waals surface area contributed by atoms with E-state index in [1.54, 1.807) is 0 Å². The van der Waals surface area contributed by atoms with Crippen molar-refractivity contribution >= 4 is 23.2 Å². The molecule has 0 fully saturated rings. The van der Waals surface area contributed by atoms with Crippen molar-refractivity contribution in [3.63, 3.8) is 0 Å². The topological polar surface area (TPSA) is 0 Å². The lowest BCUT2D eigenvalue weighted by Crippen LogP contribution is -1.88. The van der Waals surface area contributed by atoms with Crippen molar-refractivity contribution in [1.29, 1.82) is 0 Å². The Labute approximate surface area is 59.2 Å². The maximum atomic E-state index is 5.48. The van der Waals surface area contributed by atoms with Gasteiger partial charge in [-0.25, -0.2) is 0 Å². The molecule has 0 aromatic heterocycles. The van der Waals surface area contributed by atoms with Crippen LogP contribution < -0.4 is 0 Å². The molecule has 0 N–H and O–H groups in total. The lowest BCUT2D eigenvalue weighted by Gasteiger charge is -1.88. The van der Waals surface area contributed by atoms with E-state index in [0.717, 1.165) is 0 Å². The van der Waals surface area contributed by atoms with Crippen LogP contribution in [0.1, 0.15) is 6.42 Å². The first-order chi connectivity index (χ1) is 3.81. The molecular weight excluding hydrogens is 143 g/mol. The van der Waals surface area contributed by atoms with Gasteiger partial charge in [-0.1, -0.05) is 5.92 Å². The summed E-state index contributed by atoms with van der Waals surface area (Å²) in [4.78, 5) is 0. The van der Waals surface area contributed by atoms with Gasteiger partial charge in [0.15, 0.2) is 0 Å². The van der Waals surface area contributed by atoms with E-state index in [0.29, 0.717) is 6.42 Å². The fraction of sp³-hybridized carbons (Fsp3) is 0.333. The van der Waals surface area contributed by atoms with E-state index in [-0.39, 0.29) is 5.38 Å². The SMILES string of the molecule is C#CCC(Cl)C#CCl. The van der Waals surface area contributed by atoms with Gasteiger partial charge in [-0.15, -0.1) is 23.9 Å². The van der Waals surface area contributed by atoms with E-state index < -0.39 is 0 Å². The first-order valence-electron chi connectivity index (χ1n) is 2.00. The Hall–Kier alpha value is -0.300. The molecule has 0 rings (SSSR count). The molecule has 0 aliphatic heterocycles. The predicted octanol–water partition coefficient (Wildman–Crippen LogP) is 1.82.